The van der Waals surface area contributed by atoms with Crippen LogP contribution in [0.15, 0.2) is 54.6 Å². The van der Waals surface area contributed by atoms with Crippen molar-refractivity contribution in [1.82, 2.24) is 9.88 Å². The fourth-order valence-corrected chi connectivity index (χ4v) is 4.54. The number of rotatable bonds is 9. The Kier molecular flexibility index (Phi) is 9.01. The zero-order valence-corrected chi connectivity index (χ0v) is 23.2. The minimum absolute atomic E-state index is 0.00734. The third-order valence-corrected chi connectivity index (χ3v) is 7.40. The summed E-state index contributed by atoms with van der Waals surface area (Å²) in [5.74, 6) is -0.592. The van der Waals surface area contributed by atoms with E-state index in [1.165, 1.54) is 11.0 Å². The molecule has 0 bridgehead atoms. The lowest BCUT2D eigenvalue weighted by molar-refractivity contribution is -0.348. The number of halogens is 10. The Hall–Kier alpha value is -2.76. The number of alkyl halides is 7. The van der Waals surface area contributed by atoms with Gasteiger partial charge in [-0.25, -0.2) is 9.37 Å². The molecule has 3 aromatic rings. The Morgan fingerprint density at radius 3 is 2.02 bits per heavy atom. The fraction of sp³-hybridized carbons (Fsp3) is 0.333. The Morgan fingerprint density at radius 1 is 0.854 bits per heavy atom. The van der Waals surface area contributed by atoms with Crippen LogP contribution in [0.1, 0.15) is 40.0 Å². The number of carbonyl (C=O) groups is 1. The van der Waals surface area contributed by atoms with Crippen LogP contribution in [-0.2, 0) is 18.6 Å². The molecule has 0 unspecified atom stereocenters. The number of pyridine rings is 1. The first-order valence-corrected chi connectivity index (χ1v) is 13.3. The molecule has 0 spiro atoms. The van der Waals surface area contributed by atoms with Gasteiger partial charge in [0.15, 0.2) is 5.69 Å². The van der Waals surface area contributed by atoms with E-state index in [2.05, 4.69) is 10.3 Å². The van der Waals surface area contributed by atoms with Gasteiger partial charge in [-0.15, -0.1) is 0 Å². The van der Waals surface area contributed by atoms with Gasteiger partial charge in [-0.05, 0) is 54.7 Å². The SMILES string of the molecule is O=C(c1nc(Cl)ccc1NC1CC1)N(CCc1ccc(Cl)c(Cl)c1)Cc1ccc(C(F)(C(F)(F)F)C(F)(F)F)cc1. The number of carbonyl (C=O) groups excluding carboxylic acids is 1. The van der Waals surface area contributed by atoms with E-state index in [0.717, 1.165) is 25.0 Å². The van der Waals surface area contributed by atoms with Crippen molar-refractivity contribution in [2.24, 2.45) is 0 Å². The van der Waals surface area contributed by atoms with Crippen molar-refractivity contribution in [1.29, 1.82) is 0 Å². The Labute approximate surface area is 245 Å². The minimum Gasteiger partial charge on any atom is -0.380 e. The van der Waals surface area contributed by atoms with Crippen LogP contribution in [0.4, 0.5) is 36.4 Å². The second kappa shape index (κ2) is 11.9. The molecule has 4 rings (SSSR count). The largest absolute Gasteiger partial charge is 0.435 e. The Balaban J connectivity index is 1.65. The number of amides is 1. The molecule has 0 saturated heterocycles. The molecule has 0 radical (unpaired) electrons. The molecule has 1 saturated carbocycles. The highest BCUT2D eigenvalue weighted by atomic mass is 35.5. The molecule has 1 aliphatic rings. The molecule has 41 heavy (non-hydrogen) atoms. The van der Waals surface area contributed by atoms with E-state index in [-0.39, 0.29) is 47.0 Å². The van der Waals surface area contributed by atoms with Crippen LogP contribution in [0.5, 0.6) is 0 Å². The first kappa shape index (κ1) is 31.2. The Bertz CT molecular complexity index is 1400. The highest BCUT2D eigenvalue weighted by Gasteiger charge is 2.73. The first-order valence-electron chi connectivity index (χ1n) is 12.2. The van der Waals surface area contributed by atoms with Gasteiger partial charge < -0.3 is 10.2 Å². The van der Waals surface area contributed by atoms with Crippen LogP contribution >= 0.6 is 34.8 Å². The van der Waals surface area contributed by atoms with Crippen molar-refractivity contribution in [3.05, 3.63) is 92.2 Å². The van der Waals surface area contributed by atoms with Gasteiger partial charge in [-0.2, -0.15) is 26.3 Å². The van der Waals surface area contributed by atoms with Crippen LogP contribution in [0.25, 0.3) is 0 Å². The number of hydrogen-bond acceptors (Lipinski definition) is 3. The number of aromatic nitrogens is 1. The lowest BCUT2D eigenvalue weighted by atomic mass is 9.93. The average molecular weight is 643 g/mol. The molecule has 4 nitrogen and oxygen atoms in total. The van der Waals surface area contributed by atoms with Gasteiger partial charge in [-0.1, -0.05) is 65.1 Å². The van der Waals surface area contributed by atoms with Crippen LogP contribution in [0.3, 0.4) is 0 Å². The highest BCUT2D eigenvalue weighted by molar-refractivity contribution is 6.42. The summed E-state index contributed by atoms with van der Waals surface area (Å²) < 4.78 is 93.6. The maximum Gasteiger partial charge on any atom is 0.435 e. The fourth-order valence-electron chi connectivity index (χ4n) is 4.07. The lowest BCUT2D eigenvalue weighted by Crippen LogP contribution is -2.50. The summed E-state index contributed by atoms with van der Waals surface area (Å²) in [7, 11) is 0. The summed E-state index contributed by atoms with van der Waals surface area (Å²) in [6.45, 7) is -0.192. The van der Waals surface area contributed by atoms with Crippen molar-refractivity contribution in [3.8, 4) is 0 Å². The summed E-state index contributed by atoms with van der Waals surface area (Å²) in [4.78, 5) is 19.2. The molecular formula is C27H21Cl3F7N3O. The van der Waals surface area contributed by atoms with Gasteiger partial charge in [0.05, 0.1) is 15.7 Å². The summed E-state index contributed by atoms with van der Waals surface area (Å²) in [6, 6.07) is 10.8. The maximum atomic E-state index is 14.5. The number of hydrogen-bond donors (Lipinski definition) is 1. The minimum atomic E-state index is -6.24. The first-order chi connectivity index (χ1) is 19.1. The van der Waals surface area contributed by atoms with E-state index >= 15 is 0 Å². The molecule has 0 aliphatic heterocycles. The standard InChI is InChI=1S/C27H21Cl3F7N3O/c28-19-8-3-15(13-20(19)29)11-12-40(24(41)23-21(38-18-6-7-18)9-10-22(30)39-23)14-16-1-4-17(5-2-16)25(31,26(32,33)34)27(35,36)37/h1-5,8-10,13,18,38H,6-7,11-12,14H2. The summed E-state index contributed by atoms with van der Waals surface area (Å²) >= 11 is 18.1. The molecule has 1 aromatic heterocycles. The zero-order valence-electron chi connectivity index (χ0n) is 20.9. The van der Waals surface area contributed by atoms with Gasteiger partial charge in [0.25, 0.3) is 5.91 Å². The molecule has 14 heteroatoms. The van der Waals surface area contributed by atoms with E-state index < -0.39 is 29.5 Å². The molecule has 0 atom stereocenters. The van der Waals surface area contributed by atoms with Crippen LogP contribution < -0.4 is 5.32 Å². The number of nitrogens with zero attached hydrogens (tertiary/aromatic N) is 2. The third kappa shape index (κ3) is 7.01. The van der Waals surface area contributed by atoms with E-state index in [1.807, 2.05) is 0 Å². The van der Waals surface area contributed by atoms with Crippen LogP contribution in [0, 0.1) is 0 Å². The molecule has 1 heterocycles. The molecule has 2 aromatic carbocycles. The number of nitrogens with one attached hydrogen (secondary N) is 1. The second-order valence-electron chi connectivity index (χ2n) is 9.52. The predicted octanol–water partition coefficient (Wildman–Crippen LogP) is 8.79. The van der Waals surface area contributed by atoms with E-state index in [9.17, 15) is 35.5 Å². The molecule has 1 N–H and O–H groups in total. The third-order valence-electron chi connectivity index (χ3n) is 6.45. The van der Waals surface area contributed by atoms with E-state index in [1.54, 1.807) is 24.3 Å². The monoisotopic (exact) mass is 641 g/mol. The van der Waals surface area contributed by atoms with Crippen molar-refractivity contribution < 1.29 is 35.5 Å². The molecular weight excluding hydrogens is 622 g/mol. The van der Waals surface area contributed by atoms with E-state index in [4.69, 9.17) is 34.8 Å². The van der Waals surface area contributed by atoms with Crippen molar-refractivity contribution in [2.75, 3.05) is 11.9 Å². The van der Waals surface area contributed by atoms with Gasteiger partial charge in [0.1, 0.15) is 5.15 Å². The predicted molar refractivity (Wildman–Crippen MR) is 142 cm³/mol. The quantitative estimate of drug-likeness (QED) is 0.188. The molecule has 1 amide bonds. The smallest absolute Gasteiger partial charge is 0.380 e. The Morgan fingerprint density at radius 2 is 1.46 bits per heavy atom. The van der Waals surface area contributed by atoms with Crippen LogP contribution in [0.2, 0.25) is 15.2 Å². The van der Waals surface area contributed by atoms with Crippen LogP contribution in [-0.4, -0.2) is 40.7 Å². The van der Waals surface area contributed by atoms with E-state index in [0.29, 0.717) is 28.4 Å². The van der Waals surface area contributed by atoms with Crippen molar-refractivity contribution >= 4 is 46.4 Å². The average Bonchev–Trinajstić information content (AvgIpc) is 3.72. The molecule has 1 fully saturated rings. The lowest BCUT2D eigenvalue weighted by Gasteiger charge is -2.30. The molecule has 220 valence electrons. The maximum absolute atomic E-state index is 14.5. The topological polar surface area (TPSA) is 45.2 Å². The number of anilines is 1. The van der Waals surface area contributed by atoms with Gasteiger partial charge >= 0.3 is 18.0 Å². The number of benzene rings is 2. The van der Waals surface area contributed by atoms with Crippen molar-refractivity contribution in [2.45, 2.75) is 49.9 Å². The summed E-state index contributed by atoms with van der Waals surface area (Å²) in [5.41, 5.74) is -5.90. The van der Waals surface area contributed by atoms with Gasteiger partial charge in [0.2, 0.25) is 0 Å². The summed E-state index contributed by atoms with van der Waals surface area (Å²) in [6.07, 6.45) is -10.4. The van der Waals surface area contributed by atoms with Crippen molar-refractivity contribution in [3.63, 3.8) is 0 Å². The highest BCUT2D eigenvalue weighted by Crippen LogP contribution is 2.53. The normalized spacial score (nSPS) is 14.2. The second-order valence-corrected chi connectivity index (χ2v) is 10.7. The molecule has 1 aliphatic carbocycles. The zero-order chi connectivity index (χ0) is 30.2. The summed E-state index contributed by atoms with van der Waals surface area (Å²) in [5, 5.41) is 3.85. The van der Waals surface area contributed by atoms with Gasteiger partial charge in [0, 0.05) is 24.7 Å². The van der Waals surface area contributed by atoms with Gasteiger partial charge in [-0.3, -0.25) is 4.79 Å².